The summed E-state index contributed by atoms with van der Waals surface area (Å²) in [6, 6.07) is 4.54. The molecule has 1 aromatic carbocycles. The molecular weight excluding hydrogens is 576 g/mol. The van der Waals surface area contributed by atoms with Gasteiger partial charge in [-0.2, -0.15) is 0 Å². The second-order valence-corrected chi connectivity index (χ2v) is 13.8. The smallest absolute Gasteiger partial charge is 0.336 e. The highest BCUT2D eigenvalue weighted by molar-refractivity contribution is 8.00. The van der Waals surface area contributed by atoms with Crippen molar-refractivity contribution >= 4 is 45.1 Å². The minimum Gasteiger partial charge on any atom is -0.507 e. The summed E-state index contributed by atoms with van der Waals surface area (Å²) in [7, 11) is 0. The first-order valence-electron chi connectivity index (χ1n) is 14.0. The lowest BCUT2D eigenvalue weighted by Gasteiger charge is -2.31. The Morgan fingerprint density at radius 1 is 1.19 bits per heavy atom. The van der Waals surface area contributed by atoms with Crippen molar-refractivity contribution in [1.82, 2.24) is 14.9 Å². The highest BCUT2D eigenvalue weighted by atomic mass is 32.2. The van der Waals surface area contributed by atoms with Crippen molar-refractivity contribution in [2.75, 3.05) is 31.6 Å². The van der Waals surface area contributed by atoms with E-state index in [9.17, 15) is 14.7 Å². The van der Waals surface area contributed by atoms with E-state index in [0.29, 0.717) is 45.7 Å². The number of phenolic OH excluding ortho intramolecular Hbond substituents is 1. The molecule has 4 aromatic rings. The van der Waals surface area contributed by atoms with Crippen molar-refractivity contribution in [2.24, 2.45) is 5.92 Å². The Balaban J connectivity index is 1.01. The fourth-order valence-corrected chi connectivity index (χ4v) is 6.60. The second kappa shape index (κ2) is 12.9. The van der Waals surface area contributed by atoms with E-state index in [1.165, 1.54) is 17.4 Å². The van der Waals surface area contributed by atoms with Gasteiger partial charge in [-0.1, -0.05) is 32.1 Å². The zero-order chi connectivity index (χ0) is 29.9. The van der Waals surface area contributed by atoms with E-state index in [0.717, 1.165) is 48.9 Å². The maximum absolute atomic E-state index is 12.9. The van der Waals surface area contributed by atoms with E-state index >= 15 is 0 Å². The summed E-state index contributed by atoms with van der Waals surface area (Å²) < 4.78 is 17.9. The molecule has 4 heterocycles. The van der Waals surface area contributed by atoms with Crippen LogP contribution >= 0.6 is 23.1 Å². The van der Waals surface area contributed by atoms with Gasteiger partial charge in [0.1, 0.15) is 22.8 Å². The number of nitrogens with zero attached hydrogens (tertiary/aromatic N) is 3. The Bertz CT molecular complexity index is 1600. The van der Waals surface area contributed by atoms with Crippen LogP contribution in [0.15, 0.2) is 48.4 Å². The van der Waals surface area contributed by atoms with Crippen molar-refractivity contribution in [1.29, 1.82) is 0 Å². The maximum atomic E-state index is 12.9. The Labute approximate surface area is 252 Å². The number of hydrogen-bond acceptors (Lipinski definition) is 11. The summed E-state index contributed by atoms with van der Waals surface area (Å²) in [6.45, 7) is 11.0. The van der Waals surface area contributed by atoms with Crippen LogP contribution in [-0.4, -0.2) is 52.1 Å². The van der Waals surface area contributed by atoms with Crippen LogP contribution in [0.3, 0.4) is 0 Å². The van der Waals surface area contributed by atoms with Gasteiger partial charge in [0.25, 0.3) is 0 Å². The molecular formula is C30H36N4O6S2. The molecule has 0 saturated carbocycles. The van der Waals surface area contributed by atoms with Gasteiger partial charge in [0.05, 0.1) is 34.3 Å². The number of rotatable bonds is 10. The van der Waals surface area contributed by atoms with Gasteiger partial charge in [-0.15, -0.1) is 11.8 Å². The van der Waals surface area contributed by atoms with Crippen molar-refractivity contribution in [3.8, 4) is 11.5 Å². The number of aromatic nitrogens is 2. The highest BCUT2D eigenvalue weighted by Crippen LogP contribution is 2.33. The minimum absolute atomic E-state index is 0.0180. The zero-order valence-electron chi connectivity index (χ0n) is 24.3. The predicted molar refractivity (Wildman–Crippen MR) is 164 cm³/mol. The number of anilines is 1. The summed E-state index contributed by atoms with van der Waals surface area (Å²) >= 11 is 3.05. The Kier molecular flexibility index (Phi) is 9.24. The molecule has 0 aliphatic carbocycles. The average Bonchev–Trinajstić information content (AvgIpc) is 3.59. The number of hydrogen-bond donors (Lipinski definition) is 2. The van der Waals surface area contributed by atoms with Crippen LogP contribution in [-0.2, 0) is 16.0 Å². The summed E-state index contributed by atoms with van der Waals surface area (Å²) in [5.74, 6) is 2.61. The van der Waals surface area contributed by atoms with Crippen LogP contribution in [0.5, 0.6) is 11.5 Å². The number of carbonyl (C=O) groups is 1. The van der Waals surface area contributed by atoms with Gasteiger partial charge in [0.15, 0.2) is 5.13 Å². The molecule has 42 heavy (non-hydrogen) atoms. The molecule has 0 atom stereocenters. The molecule has 1 amide bonds. The molecule has 0 unspecified atom stereocenters. The van der Waals surface area contributed by atoms with Crippen LogP contribution in [0.2, 0.25) is 0 Å². The molecule has 12 heteroatoms. The number of phenols is 1. The molecule has 2 N–H and O–H groups in total. The van der Waals surface area contributed by atoms with Gasteiger partial charge in [-0.05, 0) is 44.8 Å². The van der Waals surface area contributed by atoms with Crippen molar-refractivity contribution in [3.05, 3.63) is 58.2 Å². The van der Waals surface area contributed by atoms with E-state index < -0.39 is 5.63 Å². The van der Waals surface area contributed by atoms with Crippen molar-refractivity contribution < 1.29 is 23.5 Å². The third-order valence-electron chi connectivity index (χ3n) is 7.19. The summed E-state index contributed by atoms with van der Waals surface area (Å²) in [4.78, 5) is 35.6. The lowest BCUT2D eigenvalue weighted by Crippen LogP contribution is -2.38. The number of benzene rings is 1. The lowest BCUT2D eigenvalue weighted by atomic mass is 9.94. The summed E-state index contributed by atoms with van der Waals surface area (Å²) in [5.41, 5.74) is 0.432. The highest BCUT2D eigenvalue weighted by Gasteiger charge is 2.25. The third kappa shape index (κ3) is 7.53. The first kappa shape index (κ1) is 30.1. The number of carbonyl (C=O) groups excluding carboxylic acids is 1. The molecule has 1 saturated heterocycles. The van der Waals surface area contributed by atoms with Crippen molar-refractivity contribution in [2.45, 2.75) is 62.3 Å². The number of oxazole rings is 1. The number of fused-ring (bicyclic) bond motifs is 1. The summed E-state index contributed by atoms with van der Waals surface area (Å²) in [5, 5.41) is 14.5. The average molecular weight is 613 g/mol. The second-order valence-electron chi connectivity index (χ2n) is 11.5. The number of thiazole rings is 1. The van der Waals surface area contributed by atoms with Crippen LogP contribution in [0.25, 0.3) is 11.0 Å². The van der Waals surface area contributed by atoms with Gasteiger partial charge in [0.2, 0.25) is 11.8 Å². The number of nitrogens with one attached hydrogen (secondary N) is 1. The standard InChI is InChI=1S/C30H36N4O6S2/c1-18-12-25(36)39-22-14-20(13-21(35)27(18)22)38-11-5-8-34-9-6-19(7-10-34)28(37)33-29-32-16-26(42-29)41-17-24-31-15-23(40-24)30(2,3)4/h12-16,19,35H,5-11,17H2,1-4H3,(H,32,33,37). The largest absolute Gasteiger partial charge is 0.507 e. The number of ether oxygens (including phenoxy) is 1. The van der Waals surface area contributed by atoms with Gasteiger partial charge < -0.3 is 28.9 Å². The maximum Gasteiger partial charge on any atom is 0.336 e. The van der Waals surface area contributed by atoms with E-state index in [1.54, 1.807) is 43.2 Å². The molecule has 1 aliphatic heterocycles. The van der Waals surface area contributed by atoms with Crippen LogP contribution in [0.1, 0.15) is 57.2 Å². The first-order chi connectivity index (χ1) is 20.0. The number of likely N-dealkylation sites (tertiary alicyclic amines) is 1. The van der Waals surface area contributed by atoms with Gasteiger partial charge >= 0.3 is 5.63 Å². The van der Waals surface area contributed by atoms with E-state index in [4.69, 9.17) is 13.6 Å². The minimum atomic E-state index is -0.461. The number of aromatic hydroxyl groups is 1. The fourth-order valence-electron chi connectivity index (χ4n) is 4.87. The molecule has 10 nitrogen and oxygen atoms in total. The molecule has 0 bridgehead atoms. The fraction of sp³-hybridized carbons (Fsp3) is 0.467. The number of amides is 1. The molecule has 1 aliphatic rings. The van der Waals surface area contributed by atoms with Gasteiger partial charge in [0, 0.05) is 36.1 Å². The predicted octanol–water partition coefficient (Wildman–Crippen LogP) is 5.96. The molecule has 224 valence electrons. The Morgan fingerprint density at radius 3 is 2.71 bits per heavy atom. The van der Waals surface area contributed by atoms with E-state index in [2.05, 4.69) is 41.0 Å². The molecule has 0 radical (unpaired) electrons. The van der Waals surface area contributed by atoms with Crippen LogP contribution in [0, 0.1) is 12.8 Å². The first-order valence-corrected chi connectivity index (χ1v) is 15.8. The van der Waals surface area contributed by atoms with E-state index in [1.807, 2.05) is 0 Å². The Hall–Kier alpha value is -3.35. The molecule has 0 spiro atoms. The van der Waals surface area contributed by atoms with Gasteiger partial charge in [-0.3, -0.25) is 4.79 Å². The van der Waals surface area contributed by atoms with Crippen LogP contribution < -0.4 is 15.7 Å². The Morgan fingerprint density at radius 2 is 1.98 bits per heavy atom. The monoisotopic (exact) mass is 612 g/mol. The summed E-state index contributed by atoms with van der Waals surface area (Å²) in [6.07, 6.45) is 5.93. The quantitative estimate of drug-likeness (QED) is 0.126. The topological polar surface area (TPSA) is 131 Å². The number of piperidine rings is 1. The van der Waals surface area contributed by atoms with E-state index in [-0.39, 0.29) is 23.0 Å². The molecule has 1 fully saturated rings. The van der Waals surface area contributed by atoms with Gasteiger partial charge in [-0.25, -0.2) is 14.8 Å². The number of aryl methyl sites for hydroxylation is 1. The third-order valence-corrected chi connectivity index (χ3v) is 9.28. The van der Waals surface area contributed by atoms with Crippen LogP contribution in [0.4, 0.5) is 5.13 Å². The molecule has 3 aromatic heterocycles. The van der Waals surface area contributed by atoms with Crippen molar-refractivity contribution in [3.63, 3.8) is 0 Å². The number of thioether (sulfide) groups is 1. The molecule has 5 rings (SSSR count). The lowest BCUT2D eigenvalue weighted by molar-refractivity contribution is -0.121. The normalized spacial score (nSPS) is 14.9. The zero-order valence-corrected chi connectivity index (χ0v) is 25.9. The SMILES string of the molecule is Cc1cc(=O)oc2cc(OCCCN3CCC(C(=O)Nc4ncc(SCc5ncc(C(C)(C)C)o5)s4)CC3)cc(O)c12.